The van der Waals surface area contributed by atoms with Gasteiger partial charge >= 0.3 is 0 Å². The molecule has 6 nitrogen and oxygen atoms in total. The lowest BCUT2D eigenvalue weighted by Crippen LogP contribution is -2.41. The van der Waals surface area contributed by atoms with Crippen molar-refractivity contribution in [3.8, 4) is 11.5 Å². The summed E-state index contributed by atoms with van der Waals surface area (Å²) in [7, 11) is 0. The van der Waals surface area contributed by atoms with E-state index in [1.54, 1.807) is 0 Å². The maximum atomic E-state index is 13.4. The smallest absolute Gasteiger partial charge is 0.224 e. The van der Waals surface area contributed by atoms with Gasteiger partial charge in [0, 0.05) is 17.4 Å². The summed E-state index contributed by atoms with van der Waals surface area (Å²) in [5, 5.41) is 14.1. The fourth-order valence-electron chi connectivity index (χ4n) is 5.18. The molecule has 3 atom stereocenters. The molecule has 0 saturated heterocycles. The van der Waals surface area contributed by atoms with E-state index >= 15 is 0 Å². The summed E-state index contributed by atoms with van der Waals surface area (Å²) in [6.07, 6.45) is 8.99. The number of aliphatic hydroxyl groups is 1. The Morgan fingerprint density at radius 2 is 1.92 bits per heavy atom. The number of nitrogens with one attached hydrogen (secondary N) is 2. The van der Waals surface area contributed by atoms with Crippen LogP contribution in [0, 0.1) is 5.92 Å². The molecule has 2 aromatic rings. The van der Waals surface area contributed by atoms with Gasteiger partial charge in [-0.2, -0.15) is 0 Å². The number of hydrogen-bond donors (Lipinski definition) is 3. The summed E-state index contributed by atoms with van der Waals surface area (Å²) in [6, 6.07) is 16.0. The molecule has 0 aromatic heterocycles. The summed E-state index contributed by atoms with van der Waals surface area (Å²) in [4.78, 5) is 14.4. The van der Waals surface area contributed by atoms with Crippen LogP contribution in [0.3, 0.4) is 0 Å². The van der Waals surface area contributed by atoms with Crippen LogP contribution in [0.4, 0.5) is 0 Å². The van der Waals surface area contributed by atoms with Gasteiger partial charge < -0.3 is 19.9 Å². The van der Waals surface area contributed by atoms with E-state index < -0.39 is 6.10 Å². The van der Waals surface area contributed by atoms with E-state index in [2.05, 4.69) is 22.2 Å². The van der Waals surface area contributed by atoms with Crippen molar-refractivity contribution >= 4 is 17.9 Å². The van der Waals surface area contributed by atoms with Gasteiger partial charge in [0.25, 0.3) is 0 Å². The van der Waals surface area contributed by atoms with E-state index in [1.807, 2.05) is 48.5 Å². The van der Waals surface area contributed by atoms with Crippen LogP contribution in [-0.4, -0.2) is 42.9 Å². The summed E-state index contributed by atoms with van der Waals surface area (Å²) in [5.41, 5.74) is 3.89. The molecule has 2 aliphatic carbocycles. The lowest BCUT2D eigenvalue weighted by molar-refractivity contribution is -0.126. The monoisotopic (exact) mass is 506 g/mol. The summed E-state index contributed by atoms with van der Waals surface area (Å²) in [6.45, 7) is 1.49. The van der Waals surface area contributed by atoms with Crippen LogP contribution in [0.15, 0.2) is 76.7 Å². The van der Waals surface area contributed by atoms with Gasteiger partial charge in [-0.15, -0.1) is 0 Å². The first-order valence-electron chi connectivity index (χ1n) is 12.9. The number of aliphatic hydroxyl groups excluding tert-OH is 1. The number of carbonyl (C=O) groups is 1. The quantitative estimate of drug-likeness (QED) is 0.409. The average molecular weight is 507 g/mol. The number of fused-ring (bicyclic) bond motifs is 1. The number of hydrogen-bond acceptors (Lipinski definition) is 6. The first-order valence-corrected chi connectivity index (χ1v) is 13.7. The zero-order valence-corrected chi connectivity index (χ0v) is 21.3. The lowest BCUT2D eigenvalue weighted by atomic mass is 9.92. The number of rotatable bonds is 10. The molecular weight excluding hydrogens is 472 g/mol. The molecule has 0 saturated carbocycles. The van der Waals surface area contributed by atoms with E-state index in [1.165, 1.54) is 23.1 Å². The van der Waals surface area contributed by atoms with Crippen molar-refractivity contribution in [3.05, 3.63) is 77.4 Å². The predicted octanol–water partition coefficient (Wildman–Crippen LogP) is 4.59. The molecule has 7 heteroatoms. The normalized spacial score (nSPS) is 20.1. The molecule has 0 spiro atoms. The first-order chi connectivity index (χ1) is 17.7. The number of ether oxygens (including phenoxy) is 2. The van der Waals surface area contributed by atoms with Crippen molar-refractivity contribution in [2.24, 2.45) is 5.92 Å². The molecule has 1 amide bonds. The third-order valence-corrected chi connectivity index (χ3v) is 7.82. The molecule has 1 aliphatic heterocycles. The van der Waals surface area contributed by atoms with Crippen molar-refractivity contribution < 1.29 is 19.4 Å². The van der Waals surface area contributed by atoms with Gasteiger partial charge in [0.2, 0.25) is 5.91 Å². The Labute approximate surface area is 217 Å². The molecular formula is C29H34N2O4S. The van der Waals surface area contributed by atoms with Crippen LogP contribution >= 0.6 is 11.9 Å². The van der Waals surface area contributed by atoms with Crippen molar-refractivity contribution in [2.75, 3.05) is 19.8 Å². The standard InChI is InChI=1S/C29H34N2O4S/c32-23(19-30-36-24-11-13-27-28(18-24)35-15-14-34-27)17-22(16-20-6-2-1-3-7-20)29(33)31-26-12-10-21-8-4-5-9-25(21)26/h1-3,5-7,9,11,13,18,22-23,26,30,32H,4,8,10,12,14-17,19H2,(H,31,33). The van der Waals surface area contributed by atoms with Crippen molar-refractivity contribution in [3.63, 3.8) is 0 Å². The molecule has 3 unspecified atom stereocenters. The molecule has 3 N–H and O–H groups in total. The fraction of sp³-hybridized carbons (Fsp3) is 0.414. The molecule has 3 aliphatic rings. The van der Waals surface area contributed by atoms with Gasteiger partial charge in [-0.1, -0.05) is 48.1 Å². The maximum Gasteiger partial charge on any atom is 0.224 e. The van der Waals surface area contributed by atoms with Gasteiger partial charge in [-0.3, -0.25) is 9.52 Å². The van der Waals surface area contributed by atoms with Crippen molar-refractivity contribution in [1.29, 1.82) is 0 Å². The Balaban J connectivity index is 1.17. The Bertz CT molecular complexity index is 1120. The number of benzene rings is 2. The summed E-state index contributed by atoms with van der Waals surface area (Å²) in [5.74, 6) is 1.22. The minimum atomic E-state index is -0.651. The highest BCUT2D eigenvalue weighted by molar-refractivity contribution is 7.97. The zero-order valence-electron chi connectivity index (χ0n) is 20.4. The highest BCUT2D eigenvalue weighted by atomic mass is 32.2. The molecule has 0 bridgehead atoms. The second kappa shape index (κ2) is 12.0. The third-order valence-electron chi connectivity index (χ3n) is 7.02. The van der Waals surface area contributed by atoms with Gasteiger partial charge in [0.15, 0.2) is 11.5 Å². The molecule has 1 heterocycles. The van der Waals surface area contributed by atoms with Crippen LogP contribution < -0.4 is 19.5 Å². The van der Waals surface area contributed by atoms with Crippen LogP contribution in [0.5, 0.6) is 11.5 Å². The van der Waals surface area contributed by atoms with Crippen LogP contribution in [0.25, 0.3) is 0 Å². The summed E-state index contributed by atoms with van der Waals surface area (Å²) < 4.78 is 14.5. The Hall–Kier alpha value is -2.74. The molecule has 2 aromatic carbocycles. The highest BCUT2D eigenvalue weighted by Crippen LogP contribution is 2.35. The zero-order chi connectivity index (χ0) is 24.7. The molecule has 0 radical (unpaired) electrons. The van der Waals surface area contributed by atoms with Gasteiger partial charge in [0.05, 0.1) is 12.1 Å². The average Bonchev–Trinajstić information content (AvgIpc) is 3.31. The largest absolute Gasteiger partial charge is 0.486 e. The number of carbonyl (C=O) groups excluding carboxylic acids is 1. The van der Waals surface area contributed by atoms with E-state index in [4.69, 9.17) is 9.47 Å². The lowest BCUT2D eigenvalue weighted by Gasteiger charge is -2.24. The molecule has 5 rings (SSSR count). The molecule has 0 fully saturated rings. The van der Waals surface area contributed by atoms with Crippen molar-refractivity contribution in [1.82, 2.24) is 10.0 Å². The summed E-state index contributed by atoms with van der Waals surface area (Å²) >= 11 is 1.44. The van der Waals surface area contributed by atoms with E-state index in [0.29, 0.717) is 32.6 Å². The minimum Gasteiger partial charge on any atom is -0.486 e. The minimum absolute atomic E-state index is 0.0233. The predicted molar refractivity (Wildman–Crippen MR) is 142 cm³/mol. The fourth-order valence-corrected chi connectivity index (χ4v) is 5.92. The van der Waals surface area contributed by atoms with Gasteiger partial charge in [0.1, 0.15) is 13.2 Å². The second-order valence-corrected chi connectivity index (χ2v) is 10.6. The van der Waals surface area contributed by atoms with Crippen LogP contribution in [-0.2, 0) is 11.2 Å². The number of amides is 1. The topological polar surface area (TPSA) is 79.8 Å². The molecule has 190 valence electrons. The van der Waals surface area contributed by atoms with Gasteiger partial charge in [-0.05, 0) is 79.8 Å². The van der Waals surface area contributed by atoms with E-state index in [-0.39, 0.29) is 17.9 Å². The van der Waals surface area contributed by atoms with Gasteiger partial charge in [-0.25, -0.2) is 0 Å². The third kappa shape index (κ3) is 6.33. The second-order valence-electron chi connectivity index (χ2n) is 9.63. The highest BCUT2D eigenvalue weighted by Gasteiger charge is 2.30. The van der Waals surface area contributed by atoms with Crippen LogP contribution in [0.2, 0.25) is 0 Å². The Kier molecular flexibility index (Phi) is 8.31. The van der Waals surface area contributed by atoms with E-state index in [0.717, 1.165) is 47.6 Å². The SMILES string of the molecule is O=C(NC1CCC2=C1C=CCC2)C(Cc1ccccc1)CC(O)CNSc1ccc2c(c1)OCCO2. The number of allylic oxidation sites excluding steroid dienone is 2. The van der Waals surface area contributed by atoms with E-state index in [9.17, 15) is 9.90 Å². The van der Waals surface area contributed by atoms with Crippen molar-refractivity contribution in [2.45, 2.75) is 55.6 Å². The first kappa shape index (κ1) is 24.9. The Morgan fingerprint density at radius 1 is 1.08 bits per heavy atom. The molecule has 36 heavy (non-hydrogen) atoms. The Morgan fingerprint density at radius 3 is 2.78 bits per heavy atom. The maximum absolute atomic E-state index is 13.4. The van der Waals surface area contributed by atoms with Crippen LogP contribution in [0.1, 0.15) is 37.7 Å².